The van der Waals surface area contributed by atoms with E-state index in [0.29, 0.717) is 5.25 Å². The normalized spacial score (nSPS) is 29.3. The molecule has 1 atom stereocenters. The highest BCUT2D eigenvalue weighted by Crippen LogP contribution is 2.16. The summed E-state index contributed by atoms with van der Waals surface area (Å²) in [7, 11) is 0. The van der Waals surface area contributed by atoms with Crippen LogP contribution in [0.2, 0.25) is 0 Å². The Labute approximate surface area is 46.0 Å². The predicted octanol–water partition coefficient (Wildman–Crippen LogP) is 1.31. The maximum absolute atomic E-state index is 10.2. The minimum absolute atomic E-state index is 0.0625. The van der Waals surface area contributed by atoms with Gasteiger partial charge in [0.15, 0.2) is 0 Å². The molecule has 0 aromatic carbocycles. The van der Waals surface area contributed by atoms with Crippen molar-refractivity contribution in [1.29, 1.82) is 0 Å². The van der Waals surface area contributed by atoms with E-state index in [1.54, 1.807) is 6.21 Å². The third-order valence-electron chi connectivity index (χ3n) is 0.677. The molecular formula is C4H5NOS. The molecule has 2 nitrogen and oxygen atoms in total. The number of carbonyl (C=O) groups excluding carboxylic acids is 1. The van der Waals surface area contributed by atoms with Gasteiger partial charge >= 0.3 is 5.24 Å². The van der Waals surface area contributed by atoms with Gasteiger partial charge < -0.3 is 0 Å². The highest BCUT2D eigenvalue weighted by molar-refractivity contribution is 8.15. The van der Waals surface area contributed by atoms with Crippen molar-refractivity contribution in [2.75, 3.05) is 0 Å². The van der Waals surface area contributed by atoms with E-state index in [1.807, 2.05) is 6.92 Å². The summed E-state index contributed by atoms with van der Waals surface area (Å²) in [6, 6.07) is 0. The van der Waals surface area contributed by atoms with Crippen LogP contribution < -0.4 is 0 Å². The molecule has 38 valence electrons. The lowest BCUT2D eigenvalue weighted by atomic mass is 10.5. The molecule has 0 bridgehead atoms. The minimum Gasteiger partial charge on any atom is -0.259 e. The lowest BCUT2D eigenvalue weighted by Crippen LogP contribution is -1.88. The molecule has 0 aliphatic carbocycles. The Bertz CT molecular complexity index is 121. The summed E-state index contributed by atoms with van der Waals surface area (Å²) in [5.41, 5.74) is 0. The maximum atomic E-state index is 10.2. The third kappa shape index (κ3) is 1.03. The van der Waals surface area contributed by atoms with Crippen molar-refractivity contribution in [2.45, 2.75) is 12.2 Å². The van der Waals surface area contributed by atoms with Gasteiger partial charge in [0, 0.05) is 11.5 Å². The zero-order valence-electron chi connectivity index (χ0n) is 3.92. The lowest BCUT2D eigenvalue weighted by Gasteiger charge is -1.85. The van der Waals surface area contributed by atoms with E-state index in [1.165, 1.54) is 11.8 Å². The highest BCUT2D eigenvalue weighted by Gasteiger charge is 2.11. The fraction of sp³-hybridized carbons (Fsp3) is 0.500. The molecule has 0 N–H and O–H groups in total. The molecule has 0 fully saturated rings. The zero-order valence-corrected chi connectivity index (χ0v) is 4.73. The molecule has 1 heterocycles. The van der Waals surface area contributed by atoms with E-state index in [2.05, 4.69) is 4.99 Å². The first-order chi connectivity index (χ1) is 3.29. The Kier molecular flexibility index (Phi) is 1.15. The van der Waals surface area contributed by atoms with Crippen molar-refractivity contribution in [3.8, 4) is 0 Å². The summed E-state index contributed by atoms with van der Waals surface area (Å²) in [4.78, 5) is 13.7. The minimum atomic E-state index is -0.0625. The molecule has 1 rings (SSSR count). The van der Waals surface area contributed by atoms with Crippen LogP contribution in [0, 0.1) is 0 Å². The Morgan fingerprint density at radius 2 is 2.71 bits per heavy atom. The molecule has 3 heteroatoms. The van der Waals surface area contributed by atoms with Crippen molar-refractivity contribution in [2.24, 2.45) is 4.99 Å². The molecule has 1 aliphatic rings. The molecule has 0 radical (unpaired) electrons. The average Bonchev–Trinajstić information content (AvgIpc) is 1.87. The van der Waals surface area contributed by atoms with E-state index in [0.717, 1.165) is 0 Å². The van der Waals surface area contributed by atoms with Crippen LogP contribution in [0.25, 0.3) is 0 Å². The van der Waals surface area contributed by atoms with Gasteiger partial charge in [-0.1, -0.05) is 11.8 Å². The summed E-state index contributed by atoms with van der Waals surface area (Å²) in [5.74, 6) is 0. The summed E-state index contributed by atoms with van der Waals surface area (Å²) in [6.45, 7) is 1.94. The number of amides is 1. The van der Waals surface area contributed by atoms with E-state index < -0.39 is 0 Å². The maximum Gasteiger partial charge on any atom is 0.305 e. The van der Waals surface area contributed by atoms with Crippen LogP contribution >= 0.6 is 11.8 Å². The second-order valence-electron chi connectivity index (χ2n) is 1.37. The van der Waals surface area contributed by atoms with E-state index >= 15 is 0 Å². The molecule has 7 heavy (non-hydrogen) atoms. The first-order valence-corrected chi connectivity index (χ1v) is 2.92. The van der Waals surface area contributed by atoms with Crippen molar-refractivity contribution in [3.63, 3.8) is 0 Å². The highest BCUT2D eigenvalue weighted by atomic mass is 32.2. The van der Waals surface area contributed by atoms with Gasteiger partial charge in [0.05, 0.1) is 0 Å². The van der Waals surface area contributed by atoms with Crippen LogP contribution in [-0.2, 0) is 0 Å². The van der Waals surface area contributed by atoms with Gasteiger partial charge in [-0.2, -0.15) is 0 Å². The molecule has 0 saturated heterocycles. The second-order valence-corrected chi connectivity index (χ2v) is 2.70. The predicted molar refractivity (Wildman–Crippen MR) is 30.9 cm³/mol. The summed E-state index contributed by atoms with van der Waals surface area (Å²) >= 11 is 1.26. The number of hydrogen-bond donors (Lipinski definition) is 0. The first kappa shape index (κ1) is 4.84. The number of rotatable bonds is 0. The molecule has 0 saturated carbocycles. The second kappa shape index (κ2) is 1.66. The largest absolute Gasteiger partial charge is 0.305 e. The van der Waals surface area contributed by atoms with Gasteiger partial charge in [0.1, 0.15) is 0 Å². The SMILES string of the molecule is CC1C=NC(=O)S1. The summed E-state index contributed by atoms with van der Waals surface area (Å²) in [6.07, 6.45) is 1.66. The average molecular weight is 115 g/mol. The van der Waals surface area contributed by atoms with Crippen molar-refractivity contribution in [3.05, 3.63) is 0 Å². The monoisotopic (exact) mass is 115 g/mol. The lowest BCUT2D eigenvalue weighted by molar-refractivity contribution is 0.268. The zero-order chi connectivity index (χ0) is 5.28. The van der Waals surface area contributed by atoms with Gasteiger partial charge in [0.2, 0.25) is 0 Å². The number of hydrogen-bond acceptors (Lipinski definition) is 2. The molecule has 0 spiro atoms. The van der Waals surface area contributed by atoms with Crippen LogP contribution in [0.1, 0.15) is 6.92 Å². The van der Waals surface area contributed by atoms with Crippen molar-refractivity contribution < 1.29 is 4.79 Å². The van der Waals surface area contributed by atoms with Crippen LogP contribution in [-0.4, -0.2) is 16.7 Å². The quantitative estimate of drug-likeness (QED) is 0.476. The van der Waals surface area contributed by atoms with Gasteiger partial charge in [-0.15, -0.1) is 0 Å². The van der Waals surface area contributed by atoms with Crippen molar-refractivity contribution >= 4 is 23.2 Å². The van der Waals surface area contributed by atoms with Gasteiger partial charge in [-0.25, -0.2) is 4.99 Å². The van der Waals surface area contributed by atoms with Crippen LogP contribution in [0.15, 0.2) is 4.99 Å². The van der Waals surface area contributed by atoms with Gasteiger partial charge in [0.25, 0.3) is 0 Å². The Morgan fingerprint density at radius 1 is 2.00 bits per heavy atom. The number of aliphatic imine (C=N–C) groups is 1. The molecule has 1 aliphatic heterocycles. The number of thioether (sulfide) groups is 1. The standard InChI is InChI=1S/C4H5NOS/c1-3-2-5-4(6)7-3/h2-3H,1H3. The number of nitrogens with zero attached hydrogens (tertiary/aromatic N) is 1. The van der Waals surface area contributed by atoms with Crippen LogP contribution in [0.5, 0.6) is 0 Å². The Balaban J connectivity index is 2.58. The number of carbonyl (C=O) groups is 1. The van der Waals surface area contributed by atoms with Gasteiger partial charge in [-0.05, 0) is 6.92 Å². The Hall–Kier alpha value is -0.310. The molecular weight excluding hydrogens is 110 g/mol. The molecule has 0 aromatic heterocycles. The first-order valence-electron chi connectivity index (χ1n) is 2.04. The van der Waals surface area contributed by atoms with Crippen LogP contribution in [0.3, 0.4) is 0 Å². The smallest absolute Gasteiger partial charge is 0.259 e. The summed E-state index contributed by atoms with van der Waals surface area (Å²) < 4.78 is 0. The van der Waals surface area contributed by atoms with E-state index in [9.17, 15) is 4.79 Å². The fourth-order valence-corrected chi connectivity index (χ4v) is 0.947. The van der Waals surface area contributed by atoms with Crippen LogP contribution in [0.4, 0.5) is 4.79 Å². The molecule has 1 unspecified atom stereocenters. The van der Waals surface area contributed by atoms with Crippen molar-refractivity contribution in [1.82, 2.24) is 0 Å². The Morgan fingerprint density at radius 3 is 2.86 bits per heavy atom. The van der Waals surface area contributed by atoms with E-state index in [-0.39, 0.29) is 5.24 Å². The van der Waals surface area contributed by atoms with Gasteiger partial charge in [-0.3, -0.25) is 4.79 Å². The molecule has 0 aromatic rings. The topological polar surface area (TPSA) is 29.4 Å². The third-order valence-corrected chi connectivity index (χ3v) is 1.48. The van der Waals surface area contributed by atoms with E-state index in [4.69, 9.17) is 0 Å². The molecule has 1 amide bonds. The fourth-order valence-electron chi connectivity index (χ4n) is 0.386. The summed E-state index contributed by atoms with van der Waals surface area (Å²) in [5, 5.41) is 0.236.